The summed E-state index contributed by atoms with van der Waals surface area (Å²) in [6, 6.07) is 10.3. The first-order chi connectivity index (χ1) is 13.1. The maximum absolute atomic E-state index is 12.6. The minimum atomic E-state index is -3.52. The maximum Gasteiger partial charge on any atom is 0.244 e. The van der Waals surface area contributed by atoms with Gasteiger partial charge in [0.05, 0.1) is 5.52 Å². The van der Waals surface area contributed by atoms with Crippen LogP contribution in [0.2, 0.25) is 0 Å². The van der Waals surface area contributed by atoms with Crippen LogP contribution in [0.15, 0.2) is 57.7 Å². The molecule has 0 atom stereocenters. The van der Waals surface area contributed by atoms with Crippen LogP contribution in [0, 0.1) is 0 Å². The summed E-state index contributed by atoms with van der Waals surface area (Å²) in [7, 11) is -3.52. The number of H-pyrrole nitrogens is 1. The molecule has 9 heteroatoms. The van der Waals surface area contributed by atoms with E-state index in [0.29, 0.717) is 18.8 Å². The van der Waals surface area contributed by atoms with Crippen LogP contribution >= 0.6 is 0 Å². The number of nitrogens with one attached hydrogen (secondary N) is 1. The smallest absolute Gasteiger partial charge is 0.244 e. The highest BCUT2D eigenvalue weighted by Crippen LogP contribution is 2.35. The largest absolute Gasteiger partial charge is 0.493 e. The van der Waals surface area contributed by atoms with Crippen molar-refractivity contribution in [2.75, 3.05) is 13.1 Å². The molecule has 2 aromatic heterocycles. The molecule has 1 saturated heterocycles. The van der Waals surface area contributed by atoms with Gasteiger partial charge in [0.15, 0.2) is 11.5 Å². The summed E-state index contributed by atoms with van der Waals surface area (Å²) in [6.07, 6.45) is 4.12. The van der Waals surface area contributed by atoms with Gasteiger partial charge in [0.25, 0.3) is 0 Å². The molecule has 27 heavy (non-hydrogen) atoms. The van der Waals surface area contributed by atoms with Gasteiger partial charge in [-0.2, -0.15) is 4.31 Å². The number of aromatic amines is 1. The van der Waals surface area contributed by atoms with Crippen molar-refractivity contribution in [2.24, 2.45) is 10.2 Å². The monoisotopic (exact) mass is 385 g/mol. The summed E-state index contributed by atoms with van der Waals surface area (Å²) < 4.78 is 26.8. The van der Waals surface area contributed by atoms with Gasteiger partial charge >= 0.3 is 0 Å². The number of piperidine rings is 1. The molecule has 1 aliphatic heterocycles. The standard InChI is InChI=1S/C18H19N5O3S/c24-18-17(14-6-2-3-7-15(14)20-18)22-21-16-9-8-13(12-19-16)27(25,26)23-10-4-1-5-11-23/h2-3,6-9,12,20,24H,1,4-5,10-11H2. The Bertz CT molecular complexity index is 1080. The van der Waals surface area contributed by atoms with Crippen molar-refractivity contribution in [1.29, 1.82) is 0 Å². The van der Waals surface area contributed by atoms with Crippen molar-refractivity contribution in [3.8, 4) is 5.88 Å². The third kappa shape index (κ3) is 3.43. The van der Waals surface area contributed by atoms with Gasteiger partial charge in [-0.15, -0.1) is 10.2 Å². The lowest BCUT2D eigenvalue weighted by Gasteiger charge is -2.25. The molecule has 0 unspecified atom stereocenters. The van der Waals surface area contributed by atoms with Gasteiger partial charge in [0, 0.05) is 24.7 Å². The highest BCUT2D eigenvalue weighted by Gasteiger charge is 2.26. The SMILES string of the molecule is O=S(=O)(c1ccc(N=Nc2c(O)[nH]c3ccccc23)nc1)N1CCCCC1. The van der Waals surface area contributed by atoms with Crippen LogP contribution < -0.4 is 0 Å². The molecular formula is C18H19N5O3S. The summed E-state index contributed by atoms with van der Waals surface area (Å²) in [5, 5.41) is 18.8. The number of hydrogen-bond donors (Lipinski definition) is 2. The highest BCUT2D eigenvalue weighted by atomic mass is 32.2. The van der Waals surface area contributed by atoms with Crippen molar-refractivity contribution >= 4 is 32.4 Å². The molecule has 1 aromatic carbocycles. The van der Waals surface area contributed by atoms with Gasteiger partial charge in [-0.05, 0) is 31.0 Å². The predicted octanol–water partition coefficient (Wildman–Crippen LogP) is 3.86. The number of rotatable bonds is 4. The van der Waals surface area contributed by atoms with Crippen LogP contribution in [0.1, 0.15) is 19.3 Å². The third-order valence-electron chi connectivity index (χ3n) is 4.59. The predicted molar refractivity (Wildman–Crippen MR) is 101 cm³/mol. The molecule has 1 aliphatic rings. The average Bonchev–Trinajstić information content (AvgIpc) is 3.02. The number of hydrogen-bond acceptors (Lipinski definition) is 6. The molecule has 2 N–H and O–H groups in total. The second kappa shape index (κ2) is 7.09. The molecule has 0 radical (unpaired) electrons. The van der Waals surface area contributed by atoms with E-state index in [4.69, 9.17) is 0 Å². The minimum absolute atomic E-state index is 0.0794. The van der Waals surface area contributed by atoms with E-state index in [0.717, 1.165) is 30.2 Å². The Hall–Kier alpha value is -2.78. The second-order valence-electron chi connectivity index (χ2n) is 6.38. The molecule has 8 nitrogen and oxygen atoms in total. The fraction of sp³-hybridized carbons (Fsp3) is 0.278. The molecule has 1 fully saturated rings. The van der Waals surface area contributed by atoms with Crippen LogP contribution in [-0.4, -0.2) is 40.9 Å². The van der Waals surface area contributed by atoms with Crippen LogP contribution in [0.25, 0.3) is 10.9 Å². The molecule has 0 bridgehead atoms. The Morgan fingerprint density at radius 2 is 1.81 bits per heavy atom. The van der Waals surface area contributed by atoms with Crippen molar-refractivity contribution in [2.45, 2.75) is 24.2 Å². The quantitative estimate of drug-likeness (QED) is 0.664. The van der Waals surface area contributed by atoms with E-state index >= 15 is 0 Å². The zero-order chi connectivity index (χ0) is 18.9. The van der Waals surface area contributed by atoms with Crippen LogP contribution in [0.3, 0.4) is 0 Å². The van der Waals surface area contributed by atoms with Crippen molar-refractivity contribution < 1.29 is 13.5 Å². The number of aromatic hydroxyl groups is 1. The lowest BCUT2D eigenvalue weighted by atomic mass is 10.2. The molecule has 3 aromatic rings. The van der Waals surface area contributed by atoms with Gasteiger partial charge in [-0.3, -0.25) is 0 Å². The molecular weight excluding hydrogens is 366 g/mol. The summed E-state index contributed by atoms with van der Waals surface area (Å²) in [5.41, 5.74) is 1.07. The molecule has 140 valence electrons. The van der Waals surface area contributed by atoms with Crippen molar-refractivity contribution in [3.05, 3.63) is 42.6 Å². The number of nitrogens with zero attached hydrogens (tertiary/aromatic N) is 4. The molecule has 0 spiro atoms. The Morgan fingerprint density at radius 3 is 2.56 bits per heavy atom. The lowest BCUT2D eigenvalue weighted by molar-refractivity contribution is 0.346. The number of para-hydroxylation sites is 1. The minimum Gasteiger partial charge on any atom is -0.493 e. The normalized spacial score (nSPS) is 16.3. The van der Waals surface area contributed by atoms with E-state index in [1.807, 2.05) is 24.3 Å². The fourth-order valence-corrected chi connectivity index (χ4v) is 4.62. The fourth-order valence-electron chi connectivity index (χ4n) is 3.15. The highest BCUT2D eigenvalue weighted by molar-refractivity contribution is 7.89. The Morgan fingerprint density at radius 1 is 1.04 bits per heavy atom. The zero-order valence-electron chi connectivity index (χ0n) is 14.5. The molecule has 3 heterocycles. The van der Waals surface area contributed by atoms with Crippen LogP contribution in [0.5, 0.6) is 5.88 Å². The Labute approximate surface area is 156 Å². The zero-order valence-corrected chi connectivity index (χ0v) is 15.4. The van der Waals surface area contributed by atoms with E-state index in [-0.39, 0.29) is 16.6 Å². The molecule has 0 aliphatic carbocycles. The second-order valence-corrected chi connectivity index (χ2v) is 8.32. The van der Waals surface area contributed by atoms with E-state index in [1.54, 1.807) is 0 Å². The number of benzene rings is 1. The number of pyridine rings is 1. The van der Waals surface area contributed by atoms with Crippen molar-refractivity contribution in [3.63, 3.8) is 0 Å². The third-order valence-corrected chi connectivity index (χ3v) is 6.47. The first-order valence-electron chi connectivity index (χ1n) is 8.73. The summed E-state index contributed by atoms with van der Waals surface area (Å²) in [4.78, 5) is 7.07. The van der Waals surface area contributed by atoms with Gasteiger partial charge in [0.1, 0.15) is 4.90 Å². The Kier molecular flexibility index (Phi) is 4.63. The topological polar surface area (TPSA) is 111 Å². The lowest BCUT2D eigenvalue weighted by Crippen LogP contribution is -2.35. The average molecular weight is 385 g/mol. The van der Waals surface area contributed by atoms with E-state index in [9.17, 15) is 13.5 Å². The first-order valence-corrected chi connectivity index (χ1v) is 10.2. The van der Waals surface area contributed by atoms with Crippen LogP contribution in [0.4, 0.5) is 11.5 Å². The number of aromatic nitrogens is 2. The molecule has 4 rings (SSSR count). The van der Waals surface area contributed by atoms with Gasteiger partial charge in [0.2, 0.25) is 15.9 Å². The summed E-state index contributed by atoms with van der Waals surface area (Å²) >= 11 is 0. The number of azo groups is 1. The molecule has 0 saturated carbocycles. The van der Waals surface area contributed by atoms with E-state index in [1.165, 1.54) is 22.6 Å². The van der Waals surface area contributed by atoms with Gasteiger partial charge in [-0.25, -0.2) is 13.4 Å². The maximum atomic E-state index is 12.6. The summed E-state index contributed by atoms with van der Waals surface area (Å²) in [6.45, 7) is 1.09. The van der Waals surface area contributed by atoms with Crippen molar-refractivity contribution in [1.82, 2.24) is 14.3 Å². The Balaban J connectivity index is 1.57. The number of sulfonamides is 1. The van der Waals surface area contributed by atoms with E-state index < -0.39 is 10.0 Å². The van der Waals surface area contributed by atoms with Crippen LogP contribution in [-0.2, 0) is 10.0 Å². The van der Waals surface area contributed by atoms with Gasteiger partial charge in [-0.1, -0.05) is 24.6 Å². The molecule has 0 amide bonds. The van der Waals surface area contributed by atoms with Gasteiger partial charge < -0.3 is 10.1 Å². The van der Waals surface area contributed by atoms with E-state index in [2.05, 4.69) is 20.2 Å². The number of fused-ring (bicyclic) bond motifs is 1. The first kappa shape index (κ1) is 17.6. The summed E-state index contributed by atoms with van der Waals surface area (Å²) in [5.74, 6) is 0.182.